The average Bonchev–Trinajstić information content (AvgIpc) is 3.13. The molecule has 8 nitrogen and oxygen atoms in total. The first-order valence-corrected chi connectivity index (χ1v) is 8.13. The predicted molar refractivity (Wildman–Crippen MR) is 91.7 cm³/mol. The Labute approximate surface area is 144 Å². The molecule has 0 saturated carbocycles. The summed E-state index contributed by atoms with van der Waals surface area (Å²) < 4.78 is 4.95. The van der Waals surface area contributed by atoms with E-state index in [-0.39, 0.29) is 12.4 Å². The van der Waals surface area contributed by atoms with Gasteiger partial charge in [0.15, 0.2) is 5.76 Å². The Morgan fingerprint density at radius 1 is 1.24 bits per heavy atom. The zero-order valence-electron chi connectivity index (χ0n) is 13.6. The molecule has 3 rings (SSSR count). The zero-order valence-corrected chi connectivity index (χ0v) is 13.6. The van der Waals surface area contributed by atoms with Crippen LogP contribution in [0.25, 0.3) is 0 Å². The number of aliphatic hydroxyl groups is 1. The van der Waals surface area contributed by atoms with Crippen LogP contribution in [0.15, 0.2) is 34.7 Å². The lowest BCUT2D eigenvalue weighted by atomic mass is 10.1. The molecule has 1 aromatic heterocycles. The maximum atomic E-state index is 12.4. The second kappa shape index (κ2) is 7.35. The number of nitrogens with one attached hydrogen (secondary N) is 1. The van der Waals surface area contributed by atoms with Crippen LogP contribution < -0.4 is 10.2 Å². The molecular formula is C17H19N3O5. The van der Waals surface area contributed by atoms with Crippen molar-refractivity contribution >= 4 is 23.2 Å². The highest BCUT2D eigenvalue weighted by atomic mass is 16.6. The van der Waals surface area contributed by atoms with Gasteiger partial charge >= 0.3 is 5.88 Å². The van der Waals surface area contributed by atoms with Gasteiger partial charge in [0, 0.05) is 13.1 Å². The van der Waals surface area contributed by atoms with Crippen LogP contribution in [0.1, 0.15) is 35.4 Å². The molecule has 1 saturated heterocycles. The number of benzene rings is 1. The molecule has 2 aromatic rings. The van der Waals surface area contributed by atoms with Crippen molar-refractivity contribution in [1.29, 1.82) is 0 Å². The first kappa shape index (κ1) is 17.0. The SMILES string of the molecule is O=C(Nc1cc(CO)ccc1N1CCCCC1)c1ccc([N+](=O)[O-])o1. The Morgan fingerprint density at radius 3 is 2.64 bits per heavy atom. The highest BCUT2D eigenvalue weighted by Crippen LogP contribution is 2.30. The van der Waals surface area contributed by atoms with E-state index in [1.54, 1.807) is 6.07 Å². The Morgan fingerprint density at radius 2 is 2.00 bits per heavy atom. The fourth-order valence-corrected chi connectivity index (χ4v) is 2.92. The van der Waals surface area contributed by atoms with Crippen molar-refractivity contribution in [3.8, 4) is 0 Å². The van der Waals surface area contributed by atoms with E-state index in [4.69, 9.17) is 4.42 Å². The van der Waals surface area contributed by atoms with Gasteiger partial charge < -0.3 is 19.7 Å². The van der Waals surface area contributed by atoms with Crippen LogP contribution in [0.3, 0.4) is 0 Å². The predicted octanol–water partition coefficient (Wildman–Crippen LogP) is 2.92. The van der Waals surface area contributed by atoms with Gasteiger partial charge in [-0.3, -0.25) is 14.9 Å². The summed E-state index contributed by atoms with van der Waals surface area (Å²) in [5, 5.41) is 22.8. The standard InChI is InChI=1S/C17H19N3O5/c21-11-12-4-5-14(19-8-2-1-3-9-19)13(10-12)18-17(22)15-6-7-16(25-15)20(23)24/h4-7,10,21H,1-3,8-9,11H2,(H,18,22). The topological polar surface area (TPSA) is 109 Å². The van der Waals surface area contributed by atoms with Gasteiger partial charge in [0.2, 0.25) is 0 Å². The molecule has 2 N–H and O–H groups in total. The number of furan rings is 1. The Hall–Kier alpha value is -2.87. The van der Waals surface area contributed by atoms with Gasteiger partial charge in [-0.25, -0.2) is 0 Å². The summed E-state index contributed by atoms with van der Waals surface area (Å²) in [5.74, 6) is -1.18. The molecule has 0 aliphatic carbocycles. The molecule has 0 atom stereocenters. The van der Waals surface area contributed by atoms with Crippen molar-refractivity contribution in [2.75, 3.05) is 23.3 Å². The average molecular weight is 345 g/mol. The minimum atomic E-state index is -0.692. The highest BCUT2D eigenvalue weighted by Gasteiger charge is 2.20. The molecule has 0 unspecified atom stereocenters. The number of aliphatic hydroxyl groups excluding tert-OH is 1. The number of anilines is 2. The number of hydrogen-bond acceptors (Lipinski definition) is 6. The summed E-state index contributed by atoms with van der Waals surface area (Å²) in [6.07, 6.45) is 3.35. The third-order valence-electron chi connectivity index (χ3n) is 4.18. The number of amides is 1. The van der Waals surface area contributed by atoms with Crippen LogP contribution in [-0.2, 0) is 6.61 Å². The van der Waals surface area contributed by atoms with Gasteiger partial charge in [0.1, 0.15) is 4.92 Å². The van der Waals surface area contributed by atoms with E-state index in [0.29, 0.717) is 11.3 Å². The third-order valence-corrected chi connectivity index (χ3v) is 4.18. The van der Waals surface area contributed by atoms with E-state index < -0.39 is 16.7 Å². The molecule has 25 heavy (non-hydrogen) atoms. The molecular weight excluding hydrogens is 326 g/mol. The molecule has 1 aliphatic rings. The van der Waals surface area contributed by atoms with Crippen LogP contribution in [0, 0.1) is 10.1 Å². The summed E-state index contributed by atoms with van der Waals surface area (Å²) in [5.41, 5.74) is 2.09. The monoisotopic (exact) mass is 345 g/mol. The zero-order chi connectivity index (χ0) is 17.8. The van der Waals surface area contributed by atoms with Crippen LogP contribution in [0.2, 0.25) is 0 Å². The summed E-state index contributed by atoms with van der Waals surface area (Å²) >= 11 is 0. The molecule has 1 aromatic carbocycles. The smallest absolute Gasteiger partial charge is 0.395 e. The first-order valence-electron chi connectivity index (χ1n) is 8.13. The Balaban J connectivity index is 1.85. The number of piperidine rings is 1. The second-order valence-electron chi connectivity index (χ2n) is 5.91. The normalized spacial score (nSPS) is 14.4. The highest BCUT2D eigenvalue weighted by molar-refractivity contribution is 6.04. The summed E-state index contributed by atoms with van der Waals surface area (Å²) in [6.45, 7) is 1.65. The maximum Gasteiger partial charge on any atom is 0.433 e. The lowest BCUT2D eigenvalue weighted by Crippen LogP contribution is -2.30. The molecule has 1 amide bonds. The first-order chi connectivity index (χ1) is 12.1. The number of nitrogens with zero attached hydrogens (tertiary/aromatic N) is 2. The molecule has 1 fully saturated rings. The van der Waals surface area contributed by atoms with Crippen molar-refractivity contribution in [3.63, 3.8) is 0 Å². The van der Waals surface area contributed by atoms with Crippen molar-refractivity contribution in [2.45, 2.75) is 25.9 Å². The second-order valence-corrected chi connectivity index (χ2v) is 5.91. The molecule has 132 valence electrons. The number of hydrogen-bond donors (Lipinski definition) is 2. The summed E-state index contributed by atoms with van der Waals surface area (Å²) in [4.78, 5) is 24.6. The van der Waals surface area contributed by atoms with Gasteiger partial charge in [-0.05, 0) is 43.0 Å². The van der Waals surface area contributed by atoms with E-state index in [1.807, 2.05) is 12.1 Å². The quantitative estimate of drug-likeness (QED) is 0.637. The molecule has 0 bridgehead atoms. The van der Waals surface area contributed by atoms with Crippen LogP contribution in [0.5, 0.6) is 0 Å². The van der Waals surface area contributed by atoms with Crippen molar-refractivity contribution in [2.24, 2.45) is 0 Å². The van der Waals surface area contributed by atoms with E-state index in [0.717, 1.165) is 37.7 Å². The lowest BCUT2D eigenvalue weighted by molar-refractivity contribution is -0.402. The number of nitro groups is 1. The van der Waals surface area contributed by atoms with E-state index in [1.165, 1.54) is 12.5 Å². The van der Waals surface area contributed by atoms with Crippen LogP contribution >= 0.6 is 0 Å². The maximum absolute atomic E-state index is 12.4. The molecule has 0 radical (unpaired) electrons. The Bertz CT molecular complexity index is 780. The molecule has 8 heteroatoms. The van der Waals surface area contributed by atoms with E-state index in [2.05, 4.69) is 10.2 Å². The van der Waals surface area contributed by atoms with Gasteiger partial charge in [-0.2, -0.15) is 0 Å². The van der Waals surface area contributed by atoms with Crippen molar-refractivity contribution < 1.29 is 19.2 Å². The fraction of sp³-hybridized carbons (Fsp3) is 0.353. The van der Waals surface area contributed by atoms with Gasteiger partial charge in [0.25, 0.3) is 5.91 Å². The van der Waals surface area contributed by atoms with Gasteiger partial charge in [-0.15, -0.1) is 0 Å². The fourth-order valence-electron chi connectivity index (χ4n) is 2.92. The van der Waals surface area contributed by atoms with Crippen LogP contribution in [-0.4, -0.2) is 29.0 Å². The van der Waals surface area contributed by atoms with Crippen molar-refractivity contribution in [1.82, 2.24) is 0 Å². The largest absolute Gasteiger partial charge is 0.433 e. The van der Waals surface area contributed by atoms with Crippen LogP contribution in [0.4, 0.5) is 17.3 Å². The molecule has 1 aliphatic heterocycles. The molecule has 0 spiro atoms. The minimum Gasteiger partial charge on any atom is -0.395 e. The third kappa shape index (κ3) is 3.80. The minimum absolute atomic E-state index is 0.134. The van der Waals surface area contributed by atoms with Crippen molar-refractivity contribution in [3.05, 3.63) is 51.8 Å². The van der Waals surface area contributed by atoms with Gasteiger partial charge in [-0.1, -0.05) is 6.07 Å². The van der Waals surface area contributed by atoms with E-state index in [9.17, 15) is 20.0 Å². The summed E-state index contributed by atoms with van der Waals surface area (Å²) in [6, 6.07) is 7.81. The lowest BCUT2D eigenvalue weighted by Gasteiger charge is -2.30. The summed E-state index contributed by atoms with van der Waals surface area (Å²) in [7, 11) is 0. The Kier molecular flexibility index (Phi) is 4.99. The van der Waals surface area contributed by atoms with E-state index >= 15 is 0 Å². The van der Waals surface area contributed by atoms with Gasteiger partial charge in [0.05, 0.1) is 24.0 Å². The number of carbonyl (C=O) groups is 1. The molecule has 2 heterocycles. The number of carbonyl (C=O) groups excluding carboxylic acids is 1. The number of rotatable bonds is 5.